The van der Waals surface area contributed by atoms with Crippen molar-refractivity contribution in [3.05, 3.63) is 35.6 Å². The summed E-state index contributed by atoms with van der Waals surface area (Å²) < 4.78 is 33.3. The zero-order valence-corrected chi connectivity index (χ0v) is 11.4. The predicted molar refractivity (Wildman–Crippen MR) is 63.7 cm³/mol. The third kappa shape index (κ3) is 2.74. The van der Waals surface area contributed by atoms with E-state index >= 15 is 0 Å². The van der Waals surface area contributed by atoms with Crippen LogP contribution in [0, 0.1) is 5.82 Å². The summed E-state index contributed by atoms with van der Waals surface area (Å²) in [5.74, 6) is -0.481. The number of halogens is 3. The third-order valence-electron chi connectivity index (χ3n) is 2.00. The molecule has 0 fully saturated rings. The molecule has 0 heterocycles. The Balaban J connectivity index is 3.12. The van der Waals surface area contributed by atoms with Gasteiger partial charge < -0.3 is 5.11 Å². The molecule has 1 N–H and O–H groups in total. The second-order valence-electron chi connectivity index (χ2n) is 3.29. The van der Waals surface area contributed by atoms with Gasteiger partial charge in [-0.3, -0.25) is 0 Å². The summed E-state index contributed by atoms with van der Waals surface area (Å²) >= 11 is 8.48. The van der Waals surface area contributed by atoms with Gasteiger partial charge in [-0.2, -0.15) is 0 Å². The highest BCUT2D eigenvalue weighted by Crippen LogP contribution is 2.41. The Hall–Kier alpha value is -0.170. The van der Waals surface area contributed by atoms with E-state index < -0.39 is 24.9 Å². The zero-order chi connectivity index (χ0) is 12.6. The second kappa shape index (κ2) is 4.60. The Labute approximate surface area is 106 Å². The van der Waals surface area contributed by atoms with Crippen LogP contribution in [0.15, 0.2) is 24.3 Å². The van der Waals surface area contributed by atoms with E-state index in [9.17, 15) is 17.9 Å². The SMILES string of the molecule is CS(=O)(=O)[C@](Cl)(Br)[C@@H](O)c1ccc(F)cc1. The molecule has 0 saturated heterocycles. The number of alkyl halides is 2. The summed E-state index contributed by atoms with van der Waals surface area (Å²) in [5.41, 5.74) is 0.207. The largest absolute Gasteiger partial charge is 0.385 e. The number of sulfone groups is 1. The fraction of sp³-hybridized carbons (Fsp3) is 0.333. The molecule has 0 aliphatic carbocycles. The van der Waals surface area contributed by atoms with Crippen molar-refractivity contribution in [3.63, 3.8) is 0 Å². The van der Waals surface area contributed by atoms with Gasteiger partial charge in [-0.1, -0.05) is 23.7 Å². The zero-order valence-electron chi connectivity index (χ0n) is 8.19. The first kappa shape index (κ1) is 13.9. The molecule has 0 unspecified atom stereocenters. The summed E-state index contributed by atoms with van der Waals surface area (Å²) in [6, 6.07) is 4.76. The number of rotatable bonds is 3. The number of hydrogen-bond donors (Lipinski definition) is 1. The summed E-state index contributed by atoms with van der Waals surface area (Å²) in [4.78, 5) is 0. The van der Waals surface area contributed by atoms with Crippen molar-refractivity contribution < 1.29 is 17.9 Å². The van der Waals surface area contributed by atoms with E-state index in [-0.39, 0.29) is 5.56 Å². The van der Waals surface area contributed by atoms with E-state index in [2.05, 4.69) is 15.9 Å². The average Bonchev–Trinajstić information content (AvgIpc) is 2.16. The molecule has 1 rings (SSSR count). The molecule has 2 atom stereocenters. The number of aliphatic hydroxyl groups excluding tert-OH is 1. The van der Waals surface area contributed by atoms with Gasteiger partial charge in [-0.05, 0) is 33.6 Å². The van der Waals surface area contributed by atoms with Crippen LogP contribution in [0.3, 0.4) is 0 Å². The summed E-state index contributed by atoms with van der Waals surface area (Å²) in [5, 5.41) is 9.79. The highest BCUT2D eigenvalue weighted by Gasteiger charge is 2.44. The maximum Gasteiger partial charge on any atom is 0.228 e. The molecule has 90 valence electrons. The smallest absolute Gasteiger partial charge is 0.228 e. The molecule has 0 spiro atoms. The fourth-order valence-corrected chi connectivity index (χ4v) is 1.97. The molecule has 0 aliphatic rings. The Morgan fingerprint density at radius 1 is 1.44 bits per heavy atom. The average molecular weight is 332 g/mol. The van der Waals surface area contributed by atoms with Crippen molar-refractivity contribution in [1.29, 1.82) is 0 Å². The quantitative estimate of drug-likeness (QED) is 0.864. The number of aliphatic hydroxyl groups is 1. The Bertz CT molecular complexity index is 472. The van der Waals surface area contributed by atoms with Crippen molar-refractivity contribution in [3.8, 4) is 0 Å². The normalized spacial score (nSPS) is 17.8. The first-order chi connectivity index (χ1) is 7.16. The van der Waals surface area contributed by atoms with Gasteiger partial charge >= 0.3 is 0 Å². The molecular weight excluding hydrogens is 323 g/mol. The van der Waals surface area contributed by atoms with Gasteiger partial charge in [0.2, 0.25) is 3.12 Å². The van der Waals surface area contributed by atoms with Gasteiger partial charge in [0.15, 0.2) is 9.84 Å². The Morgan fingerprint density at radius 3 is 2.25 bits per heavy atom. The molecule has 0 radical (unpaired) electrons. The molecular formula is C9H9BrClFO3S. The van der Waals surface area contributed by atoms with Gasteiger partial charge in [0.1, 0.15) is 11.9 Å². The minimum absolute atomic E-state index is 0.207. The molecule has 7 heteroatoms. The molecule has 0 aliphatic heterocycles. The van der Waals surface area contributed by atoms with Gasteiger partial charge in [0.05, 0.1) is 0 Å². The van der Waals surface area contributed by atoms with Crippen LogP contribution in [0.25, 0.3) is 0 Å². The molecule has 1 aromatic rings. The van der Waals surface area contributed by atoms with Crippen molar-refractivity contribution in [2.75, 3.05) is 6.26 Å². The summed E-state index contributed by atoms with van der Waals surface area (Å²) in [7, 11) is -3.72. The van der Waals surface area contributed by atoms with Crippen LogP contribution in [0.5, 0.6) is 0 Å². The summed E-state index contributed by atoms with van der Waals surface area (Å²) in [6.45, 7) is 0. The lowest BCUT2D eigenvalue weighted by atomic mass is 10.1. The maximum absolute atomic E-state index is 12.6. The molecule has 3 nitrogen and oxygen atoms in total. The van der Waals surface area contributed by atoms with E-state index in [0.29, 0.717) is 0 Å². The van der Waals surface area contributed by atoms with Crippen LogP contribution < -0.4 is 0 Å². The van der Waals surface area contributed by atoms with Gasteiger partial charge in [0.25, 0.3) is 0 Å². The monoisotopic (exact) mass is 330 g/mol. The highest BCUT2D eigenvalue weighted by atomic mass is 79.9. The van der Waals surface area contributed by atoms with Gasteiger partial charge in [0, 0.05) is 6.26 Å². The minimum atomic E-state index is -3.72. The maximum atomic E-state index is 12.6. The lowest BCUT2D eigenvalue weighted by molar-refractivity contribution is 0.185. The molecule has 0 saturated carbocycles. The fourth-order valence-electron chi connectivity index (χ4n) is 1.04. The standard InChI is InChI=1S/C9H9BrClFO3S/c1-16(14,15)9(10,11)8(13)6-2-4-7(12)5-3-6/h2-5,8,13H,1H3/t8-,9-/m0/s1. The van der Waals surface area contributed by atoms with Gasteiger partial charge in [-0.25, -0.2) is 12.8 Å². The van der Waals surface area contributed by atoms with Crippen molar-refractivity contribution in [2.24, 2.45) is 0 Å². The van der Waals surface area contributed by atoms with E-state index in [4.69, 9.17) is 11.6 Å². The van der Waals surface area contributed by atoms with Crippen LogP contribution >= 0.6 is 27.5 Å². The molecule has 16 heavy (non-hydrogen) atoms. The third-order valence-corrected chi connectivity index (χ3v) is 6.46. The topological polar surface area (TPSA) is 54.4 Å². The van der Waals surface area contributed by atoms with E-state index in [1.807, 2.05) is 0 Å². The Kier molecular flexibility index (Phi) is 3.99. The van der Waals surface area contributed by atoms with Crippen molar-refractivity contribution in [1.82, 2.24) is 0 Å². The molecule has 1 aromatic carbocycles. The Morgan fingerprint density at radius 2 is 1.88 bits per heavy atom. The van der Waals surface area contributed by atoms with Crippen LogP contribution in [-0.2, 0) is 9.84 Å². The molecule has 0 bridgehead atoms. The first-order valence-corrected chi connectivity index (χ1v) is 7.23. The van der Waals surface area contributed by atoms with E-state index in [1.54, 1.807) is 0 Å². The van der Waals surface area contributed by atoms with Crippen LogP contribution in [0.1, 0.15) is 11.7 Å². The highest BCUT2D eigenvalue weighted by molar-refractivity contribution is 9.12. The summed E-state index contributed by atoms with van der Waals surface area (Å²) in [6.07, 6.45) is -0.605. The van der Waals surface area contributed by atoms with E-state index in [0.717, 1.165) is 18.4 Å². The number of benzene rings is 1. The first-order valence-electron chi connectivity index (χ1n) is 4.17. The van der Waals surface area contributed by atoms with Crippen molar-refractivity contribution >= 4 is 37.4 Å². The second-order valence-corrected chi connectivity index (χ2v) is 8.53. The lowest BCUT2D eigenvalue weighted by Crippen LogP contribution is -2.32. The number of hydrogen-bond acceptors (Lipinski definition) is 3. The van der Waals surface area contributed by atoms with Crippen molar-refractivity contribution in [2.45, 2.75) is 9.22 Å². The van der Waals surface area contributed by atoms with Crippen LogP contribution in [-0.4, -0.2) is 22.9 Å². The molecule has 0 amide bonds. The van der Waals surface area contributed by atoms with Crippen LogP contribution in [0.4, 0.5) is 4.39 Å². The molecule has 0 aromatic heterocycles. The minimum Gasteiger partial charge on any atom is -0.385 e. The lowest BCUT2D eigenvalue weighted by Gasteiger charge is -2.24. The van der Waals surface area contributed by atoms with Crippen LogP contribution in [0.2, 0.25) is 0 Å². The van der Waals surface area contributed by atoms with E-state index in [1.165, 1.54) is 12.1 Å². The predicted octanol–water partition coefficient (Wildman–Crippen LogP) is 2.19. The van der Waals surface area contributed by atoms with Gasteiger partial charge in [-0.15, -0.1) is 0 Å².